The molecule has 3 aromatic rings. The summed E-state index contributed by atoms with van der Waals surface area (Å²) in [5.41, 5.74) is 1.92. The second-order valence-electron chi connectivity index (χ2n) is 5.10. The number of fused-ring (bicyclic) bond motifs is 3. The molecule has 0 fully saturated rings. The van der Waals surface area contributed by atoms with Gasteiger partial charge in [-0.1, -0.05) is 11.6 Å². The third-order valence-corrected chi connectivity index (χ3v) is 4.03. The van der Waals surface area contributed by atoms with E-state index in [1.807, 2.05) is 6.07 Å². The highest BCUT2D eigenvalue weighted by Gasteiger charge is 2.17. The zero-order chi connectivity index (χ0) is 14.4. The lowest BCUT2D eigenvalue weighted by Gasteiger charge is -2.15. The molecule has 0 N–H and O–H groups in total. The van der Waals surface area contributed by atoms with Gasteiger partial charge in [-0.2, -0.15) is 9.78 Å². The second-order valence-corrected chi connectivity index (χ2v) is 5.49. The first-order chi connectivity index (χ1) is 10.2. The summed E-state index contributed by atoms with van der Waals surface area (Å²) < 4.78 is 3.45. The molecule has 4 rings (SSSR count). The lowest BCUT2D eigenvalue weighted by Crippen LogP contribution is -2.22. The van der Waals surface area contributed by atoms with Crippen LogP contribution in [0.3, 0.4) is 0 Å². The molecule has 21 heavy (non-hydrogen) atoms. The molecule has 0 radical (unpaired) electrons. The fourth-order valence-electron chi connectivity index (χ4n) is 2.83. The van der Waals surface area contributed by atoms with Crippen molar-refractivity contribution in [2.45, 2.75) is 25.8 Å². The van der Waals surface area contributed by atoms with Gasteiger partial charge in [-0.15, -0.1) is 0 Å². The Hall–Kier alpha value is -2.21. The third-order valence-electron chi connectivity index (χ3n) is 3.83. The number of halogens is 1. The Morgan fingerprint density at radius 3 is 2.86 bits per heavy atom. The summed E-state index contributed by atoms with van der Waals surface area (Å²) in [5, 5.41) is 5.19. The van der Waals surface area contributed by atoms with E-state index in [1.165, 1.54) is 29.2 Å². The Morgan fingerprint density at radius 2 is 2.05 bits per heavy atom. The Morgan fingerprint density at radius 1 is 1.14 bits per heavy atom. The van der Waals surface area contributed by atoms with Crippen LogP contribution in [0.5, 0.6) is 0 Å². The highest BCUT2D eigenvalue weighted by atomic mass is 35.5. The molecule has 3 aromatic heterocycles. The zero-order valence-electron chi connectivity index (χ0n) is 11.2. The van der Waals surface area contributed by atoms with E-state index in [0.717, 1.165) is 24.9 Å². The smallest absolute Gasteiger partial charge is 0.282 e. The maximum atomic E-state index is 12.6. The van der Waals surface area contributed by atoms with Gasteiger partial charge < -0.3 is 4.57 Å². The van der Waals surface area contributed by atoms with E-state index >= 15 is 0 Å². The third kappa shape index (κ3) is 1.94. The summed E-state index contributed by atoms with van der Waals surface area (Å²) in [4.78, 5) is 20.7. The van der Waals surface area contributed by atoms with E-state index in [0.29, 0.717) is 11.2 Å². The molecule has 7 heteroatoms. The van der Waals surface area contributed by atoms with Crippen molar-refractivity contribution in [2.75, 3.05) is 0 Å². The van der Waals surface area contributed by atoms with Crippen LogP contribution in [0.15, 0.2) is 29.5 Å². The van der Waals surface area contributed by atoms with Gasteiger partial charge in [0.05, 0.1) is 29.5 Å². The maximum Gasteiger partial charge on any atom is 0.282 e. The van der Waals surface area contributed by atoms with Crippen molar-refractivity contribution in [3.05, 3.63) is 45.9 Å². The lowest BCUT2D eigenvalue weighted by atomic mass is 10.1. The molecule has 6 nitrogen and oxygen atoms in total. The zero-order valence-corrected chi connectivity index (χ0v) is 11.9. The van der Waals surface area contributed by atoms with Crippen LogP contribution >= 0.6 is 11.6 Å². The molecule has 0 atom stereocenters. The number of aryl methyl sites for hydroxylation is 2. The predicted octanol–water partition coefficient (Wildman–Crippen LogP) is 1.97. The van der Waals surface area contributed by atoms with Crippen LogP contribution < -0.4 is 5.56 Å². The summed E-state index contributed by atoms with van der Waals surface area (Å²) in [6.45, 7) is 0.949. The lowest BCUT2D eigenvalue weighted by molar-refractivity contribution is 0.544. The maximum absolute atomic E-state index is 12.6. The van der Waals surface area contributed by atoms with Crippen LogP contribution in [-0.4, -0.2) is 24.3 Å². The summed E-state index contributed by atoms with van der Waals surface area (Å²) in [5.74, 6) is 0.371. The number of hydrogen-bond donors (Lipinski definition) is 0. The minimum atomic E-state index is -0.175. The quantitative estimate of drug-likeness (QED) is 0.689. The van der Waals surface area contributed by atoms with Crippen molar-refractivity contribution >= 4 is 22.5 Å². The Labute approximate surface area is 125 Å². The van der Waals surface area contributed by atoms with Crippen molar-refractivity contribution in [2.24, 2.45) is 0 Å². The first-order valence-electron chi connectivity index (χ1n) is 6.82. The minimum Gasteiger partial charge on any atom is -0.343 e. The molecule has 0 bridgehead atoms. The standard InChI is InChI=1S/C14H12ClN5O/c15-12-7-17-13(8-16-12)20-14(21)10-5-9-3-1-2-4-19(9)11(10)6-18-20/h5-8H,1-4H2. The fraction of sp³-hybridized carbons (Fsp3) is 0.286. The molecule has 0 aliphatic carbocycles. The molecule has 0 saturated carbocycles. The molecule has 1 aliphatic rings. The predicted molar refractivity (Wildman–Crippen MR) is 78.9 cm³/mol. The SMILES string of the molecule is O=c1c2cc3n(c2cnn1-c1cnc(Cl)cn1)CCCC3. The van der Waals surface area contributed by atoms with Gasteiger partial charge >= 0.3 is 0 Å². The van der Waals surface area contributed by atoms with Gasteiger partial charge in [0.15, 0.2) is 5.82 Å². The number of rotatable bonds is 1. The molecule has 4 heterocycles. The molecular weight excluding hydrogens is 290 g/mol. The second kappa shape index (κ2) is 4.66. The van der Waals surface area contributed by atoms with Crippen molar-refractivity contribution in [3.8, 4) is 5.82 Å². The van der Waals surface area contributed by atoms with E-state index in [2.05, 4.69) is 19.6 Å². The Bertz CT molecular complexity index is 881. The summed E-state index contributed by atoms with van der Waals surface area (Å²) >= 11 is 5.72. The van der Waals surface area contributed by atoms with Gasteiger partial charge in [0.25, 0.3) is 5.56 Å². The van der Waals surface area contributed by atoms with Crippen LogP contribution in [-0.2, 0) is 13.0 Å². The Balaban J connectivity index is 1.94. The first-order valence-corrected chi connectivity index (χ1v) is 7.20. The topological polar surface area (TPSA) is 65.6 Å². The van der Waals surface area contributed by atoms with Crippen molar-refractivity contribution in [1.29, 1.82) is 0 Å². The Kier molecular flexibility index (Phi) is 2.78. The van der Waals surface area contributed by atoms with E-state index in [4.69, 9.17) is 11.6 Å². The minimum absolute atomic E-state index is 0.175. The average Bonchev–Trinajstić information content (AvgIpc) is 2.89. The van der Waals surface area contributed by atoms with Crippen LogP contribution in [0, 0.1) is 0 Å². The van der Waals surface area contributed by atoms with Gasteiger partial charge in [0.2, 0.25) is 0 Å². The largest absolute Gasteiger partial charge is 0.343 e. The van der Waals surface area contributed by atoms with Crippen molar-refractivity contribution < 1.29 is 0 Å². The fourth-order valence-corrected chi connectivity index (χ4v) is 2.93. The molecule has 0 amide bonds. The first kappa shape index (κ1) is 12.5. The molecule has 0 unspecified atom stereocenters. The van der Waals surface area contributed by atoms with Crippen LogP contribution in [0.1, 0.15) is 18.5 Å². The summed E-state index contributed by atoms with van der Waals surface area (Å²) in [6.07, 6.45) is 7.89. The van der Waals surface area contributed by atoms with Crippen LogP contribution in [0.25, 0.3) is 16.7 Å². The van der Waals surface area contributed by atoms with Gasteiger partial charge in [-0.25, -0.2) is 9.97 Å². The van der Waals surface area contributed by atoms with Gasteiger partial charge in [0.1, 0.15) is 5.15 Å². The molecule has 0 saturated heterocycles. The number of hydrogen-bond acceptors (Lipinski definition) is 4. The highest BCUT2D eigenvalue weighted by molar-refractivity contribution is 6.29. The highest BCUT2D eigenvalue weighted by Crippen LogP contribution is 2.22. The molecule has 0 aromatic carbocycles. The molecule has 1 aliphatic heterocycles. The number of nitrogens with zero attached hydrogens (tertiary/aromatic N) is 5. The average molecular weight is 302 g/mol. The van der Waals surface area contributed by atoms with E-state index in [-0.39, 0.29) is 10.7 Å². The summed E-state index contributed by atoms with van der Waals surface area (Å²) in [7, 11) is 0. The van der Waals surface area contributed by atoms with Crippen molar-refractivity contribution in [3.63, 3.8) is 0 Å². The van der Waals surface area contributed by atoms with Crippen molar-refractivity contribution in [1.82, 2.24) is 24.3 Å². The summed E-state index contributed by atoms with van der Waals surface area (Å²) in [6, 6.07) is 1.97. The van der Waals surface area contributed by atoms with Gasteiger partial charge in [-0.3, -0.25) is 4.79 Å². The number of aromatic nitrogens is 5. The molecule has 0 spiro atoms. The van der Waals surface area contributed by atoms with E-state index < -0.39 is 0 Å². The normalized spacial score (nSPS) is 14.3. The van der Waals surface area contributed by atoms with Gasteiger partial charge in [-0.05, 0) is 25.3 Å². The van der Waals surface area contributed by atoms with Crippen LogP contribution in [0.4, 0.5) is 0 Å². The van der Waals surface area contributed by atoms with E-state index in [9.17, 15) is 4.79 Å². The van der Waals surface area contributed by atoms with Crippen LogP contribution in [0.2, 0.25) is 5.15 Å². The monoisotopic (exact) mass is 301 g/mol. The van der Waals surface area contributed by atoms with Gasteiger partial charge in [0, 0.05) is 12.2 Å². The van der Waals surface area contributed by atoms with E-state index in [1.54, 1.807) is 6.20 Å². The molecular formula is C14H12ClN5O. The molecule has 106 valence electrons.